The molecule has 3 unspecified atom stereocenters. The highest BCUT2D eigenvalue weighted by Gasteiger charge is 2.24. The summed E-state index contributed by atoms with van der Waals surface area (Å²) in [6.45, 7) is 9.38. The summed E-state index contributed by atoms with van der Waals surface area (Å²) in [5.74, 6) is 0.896. The molecule has 0 amide bonds. The van der Waals surface area contributed by atoms with Gasteiger partial charge in [0.15, 0.2) is 0 Å². The Morgan fingerprint density at radius 2 is 2.00 bits per heavy atom. The molecule has 3 atom stereocenters. The summed E-state index contributed by atoms with van der Waals surface area (Å²) >= 11 is 0. The molecule has 1 fully saturated rings. The van der Waals surface area contributed by atoms with Gasteiger partial charge < -0.3 is 10.2 Å². The molecule has 1 rings (SSSR count). The second-order valence-electron chi connectivity index (χ2n) is 5.95. The van der Waals surface area contributed by atoms with Gasteiger partial charge in [-0.1, -0.05) is 26.7 Å². The molecule has 0 aliphatic heterocycles. The molecule has 0 saturated heterocycles. The van der Waals surface area contributed by atoms with Gasteiger partial charge in [0, 0.05) is 12.1 Å². The molecule has 2 nitrogen and oxygen atoms in total. The van der Waals surface area contributed by atoms with E-state index >= 15 is 0 Å². The van der Waals surface area contributed by atoms with Crippen LogP contribution in [0.2, 0.25) is 0 Å². The molecule has 0 aromatic heterocycles. The summed E-state index contributed by atoms with van der Waals surface area (Å²) in [6.07, 6.45) is 8.23. The summed E-state index contributed by atoms with van der Waals surface area (Å²) in [6, 6.07) is 1.50. The van der Waals surface area contributed by atoms with Gasteiger partial charge in [-0.15, -0.1) is 0 Å². The lowest BCUT2D eigenvalue weighted by Crippen LogP contribution is -2.41. The Morgan fingerprint density at radius 1 is 1.29 bits per heavy atom. The fraction of sp³-hybridized carbons (Fsp3) is 1.00. The van der Waals surface area contributed by atoms with Crippen molar-refractivity contribution >= 4 is 0 Å². The Kier molecular flexibility index (Phi) is 7.14. The standard InChI is InChI=1S/C15H32N2/c1-5-11-16-14(3)10-12-17(4)15-9-7-6-8-13(15)2/h13-16H,5-12H2,1-4H3. The van der Waals surface area contributed by atoms with Crippen molar-refractivity contribution in [3.8, 4) is 0 Å². The second-order valence-corrected chi connectivity index (χ2v) is 5.95. The summed E-state index contributed by atoms with van der Waals surface area (Å²) in [7, 11) is 2.32. The zero-order valence-electron chi connectivity index (χ0n) is 12.3. The first kappa shape index (κ1) is 15.0. The summed E-state index contributed by atoms with van der Waals surface area (Å²) in [5, 5.41) is 3.58. The van der Waals surface area contributed by atoms with Gasteiger partial charge in [-0.2, -0.15) is 0 Å². The van der Waals surface area contributed by atoms with Gasteiger partial charge >= 0.3 is 0 Å². The van der Waals surface area contributed by atoms with E-state index in [0.717, 1.165) is 18.5 Å². The minimum absolute atomic E-state index is 0.663. The van der Waals surface area contributed by atoms with Crippen LogP contribution in [-0.4, -0.2) is 37.1 Å². The highest BCUT2D eigenvalue weighted by molar-refractivity contribution is 4.79. The van der Waals surface area contributed by atoms with Crippen LogP contribution in [0.3, 0.4) is 0 Å². The zero-order valence-corrected chi connectivity index (χ0v) is 12.3. The Hall–Kier alpha value is -0.0800. The number of nitrogens with one attached hydrogen (secondary N) is 1. The first-order valence-corrected chi connectivity index (χ1v) is 7.58. The maximum atomic E-state index is 3.58. The molecule has 1 aliphatic carbocycles. The highest BCUT2D eigenvalue weighted by atomic mass is 15.1. The Bertz CT molecular complexity index is 193. The zero-order chi connectivity index (χ0) is 12.7. The number of hydrogen-bond acceptors (Lipinski definition) is 2. The van der Waals surface area contributed by atoms with Gasteiger partial charge in [0.2, 0.25) is 0 Å². The first-order valence-electron chi connectivity index (χ1n) is 7.58. The highest BCUT2D eigenvalue weighted by Crippen LogP contribution is 2.27. The van der Waals surface area contributed by atoms with E-state index in [4.69, 9.17) is 0 Å². The molecule has 17 heavy (non-hydrogen) atoms. The van der Waals surface area contributed by atoms with Crippen LogP contribution in [0, 0.1) is 5.92 Å². The van der Waals surface area contributed by atoms with E-state index in [9.17, 15) is 0 Å². The van der Waals surface area contributed by atoms with E-state index in [1.165, 1.54) is 45.1 Å². The minimum atomic E-state index is 0.663. The molecule has 0 radical (unpaired) electrons. The molecule has 0 spiro atoms. The van der Waals surface area contributed by atoms with Crippen molar-refractivity contribution in [2.24, 2.45) is 5.92 Å². The van der Waals surface area contributed by atoms with Crippen molar-refractivity contribution in [1.29, 1.82) is 0 Å². The second kappa shape index (κ2) is 8.10. The molecule has 2 heteroatoms. The van der Waals surface area contributed by atoms with Gasteiger partial charge in [0.1, 0.15) is 0 Å². The average molecular weight is 240 g/mol. The van der Waals surface area contributed by atoms with Gasteiger partial charge in [0.25, 0.3) is 0 Å². The largest absolute Gasteiger partial charge is 0.314 e. The normalized spacial score (nSPS) is 27.4. The summed E-state index contributed by atoms with van der Waals surface area (Å²) in [5.41, 5.74) is 0. The van der Waals surface area contributed by atoms with Crippen molar-refractivity contribution in [2.75, 3.05) is 20.1 Å². The molecule has 1 N–H and O–H groups in total. The van der Waals surface area contributed by atoms with Crippen molar-refractivity contribution < 1.29 is 0 Å². The molecule has 102 valence electrons. The molecule has 1 aliphatic rings. The smallest absolute Gasteiger partial charge is 0.0118 e. The van der Waals surface area contributed by atoms with Crippen LogP contribution < -0.4 is 5.32 Å². The fourth-order valence-electron chi connectivity index (χ4n) is 3.01. The molecule has 0 bridgehead atoms. The molecular weight excluding hydrogens is 208 g/mol. The van der Waals surface area contributed by atoms with E-state index in [2.05, 4.69) is 38.0 Å². The van der Waals surface area contributed by atoms with Crippen molar-refractivity contribution in [3.63, 3.8) is 0 Å². The van der Waals surface area contributed by atoms with E-state index in [1.54, 1.807) is 0 Å². The number of nitrogens with zero attached hydrogens (tertiary/aromatic N) is 1. The van der Waals surface area contributed by atoms with E-state index in [-0.39, 0.29) is 0 Å². The van der Waals surface area contributed by atoms with Crippen LogP contribution >= 0.6 is 0 Å². The Morgan fingerprint density at radius 3 is 2.65 bits per heavy atom. The SMILES string of the molecule is CCCNC(C)CCN(C)C1CCCCC1C. The third-order valence-corrected chi connectivity index (χ3v) is 4.29. The maximum Gasteiger partial charge on any atom is 0.0118 e. The maximum absolute atomic E-state index is 3.58. The van der Waals surface area contributed by atoms with Crippen LogP contribution in [0.4, 0.5) is 0 Å². The summed E-state index contributed by atoms with van der Waals surface area (Å²) < 4.78 is 0. The number of rotatable bonds is 7. The molecule has 0 aromatic carbocycles. The third-order valence-electron chi connectivity index (χ3n) is 4.29. The van der Waals surface area contributed by atoms with Gasteiger partial charge in [-0.05, 0) is 58.7 Å². The predicted octanol–water partition coefficient (Wildman–Crippen LogP) is 3.28. The monoisotopic (exact) mass is 240 g/mol. The quantitative estimate of drug-likeness (QED) is 0.735. The third kappa shape index (κ3) is 5.39. The molecule has 0 heterocycles. The topological polar surface area (TPSA) is 15.3 Å². The van der Waals surface area contributed by atoms with Crippen molar-refractivity contribution in [2.45, 2.75) is 71.4 Å². The van der Waals surface area contributed by atoms with E-state index in [0.29, 0.717) is 6.04 Å². The van der Waals surface area contributed by atoms with E-state index < -0.39 is 0 Å². The lowest BCUT2D eigenvalue weighted by atomic mass is 9.85. The minimum Gasteiger partial charge on any atom is -0.314 e. The van der Waals surface area contributed by atoms with Crippen LogP contribution in [0.25, 0.3) is 0 Å². The average Bonchev–Trinajstić information content (AvgIpc) is 2.34. The molecular formula is C15H32N2. The van der Waals surface area contributed by atoms with Crippen LogP contribution in [-0.2, 0) is 0 Å². The Balaban J connectivity index is 2.21. The summed E-state index contributed by atoms with van der Waals surface area (Å²) in [4.78, 5) is 2.61. The lowest BCUT2D eigenvalue weighted by Gasteiger charge is -2.36. The lowest BCUT2D eigenvalue weighted by molar-refractivity contribution is 0.135. The van der Waals surface area contributed by atoms with Crippen LogP contribution in [0.1, 0.15) is 59.3 Å². The fourth-order valence-corrected chi connectivity index (χ4v) is 3.01. The van der Waals surface area contributed by atoms with Crippen molar-refractivity contribution in [3.05, 3.63) is 0 Å². The first-order chi connectivity index (χ1) is 8.15. The predicted molar refractivity (Wildman–Crippen MR) is 76.4 cm³/mol. The van der Waals surface area contributed by atoms with Gasteiger partial charge in [-0.3, -0.25) is 0 Å². The number of hydrogen-bond donors (Lipinski definition) is 1. The van der Waals surface area contributed by atoms with Gasteiger partial charge in [0.05, 0.1) is 0 Å². The van der Waals surface area contributed by atoms with Crippen LogP contribution in [0.15, 0.2) is 0 Å². The molecule has 1 saturated carbocycles. The van der Waals surface area contributed by atoms with Gasteiger partial charge in [-0.25, -0.2) is 0 Å². The molecule has 0 aromatic rings. The Labute approximate surface area is 108 Å². The van der Waals surface area contributed by atoms with Crippen molar-refractivity contribution in [1.82, 2.24) is 10.2 Å². The van der Waals surface area contributed by atoms with E-state index in [1.807, 2.05) is 0 Å². The van der Waals surface area contributed by atoms with Crippen LogP contribution in [0.5, 0.6) is 0 Å².